The molecular formula is C14H23NO3. The van der Waals surface area contributed by atoms with Gasteiger partial charge in [0.2, 0.25) is 0 Å². The first kappa shape index (κ1) is 14.8. The summed E-state index contributed by atoms with van der Waals surface area (Å²) in [5.74, 6) is 0.695. The number of benzene rings is 1. The van der Waals surface area contributed by atoms with Crippen LogP contribution < -0.4 is 10.1 Å². The predicted molar refractivity (Wildman–Crippen MR) is 72.1 cm³/mol. The summed E-state index contributed by atoms with van der Waals surface area (Å²) >= 11 is 0. The zero-order chi connectivity index (χ0) is 13.6. The van der Waals surface area contributed by atoms with Crippen molar-refractivity contribution < 1.29 is 14.6 Å². The van der Waals surface area contributed by atoms with Gasteiger partial charge in [0.1, 0.15) is 0 Å². The normalized spacial score (nSPS) is 11.6. The first-order valence-electron chi connectivity index (χ1n) is 6.19. The minimum atomic E-state index is -0.205. The molecule has 0 radical (unpaired) electrons. The number of methoxy groups -OCH3 is 1. The van der Waals surface area contributed by atoms with E-state index in [0.29, 0.717) is 18.9 Å². The number of aromatic hydroxyl groups is 1. The fourth-order valence-corrected chi connectivity index (χ4v) is 1.82. The van der Waals surface area contributed by atoms with Gasteiger partial charge in [-0.25, -0.2) is 0 Å². The molecular weight excluding hydrogens is 230 g/mol. The van der Waals surface area contributed by atoms with Gasteiger partial charge in [-0.1, -0.05) is 12.1 Å². The van der Waals surface area contributed by atoms with Crippen LogP contribution in [0.4, 0.5) is 0 Å². The van der Waals surface area contributed by atoms with E-state index >= 15 is 0 Å². The van der Waals surface area contributed by atoms with Crippen molar-refractivity contribution in [1.29, 1.82) is 0 Å². The number of phenols is 1. The lowest BCUT2D eigenvalue weighted by molar-refractivity contribution is -0.00900. The van der Waals surface area contributed by atoms with Crippen LogP contribution in [0.15, 0.2) is 18.2 Å². The number of hydrogen-bond acceptors (Lipinski definition) is 4. The largest absolute Gasteiger partial charge is 0.504 e. The van der Waals surface area contributed by atoms with Crippen LogP contribution in [0.3, 0.4) is 0 Å². The Kier molecular flexibility index (Phi) is 5.44. The van der Waals surface area contributed by atoms with Crippen molar-refractivity contribution in [2.75, 3.05) is 20.3 Å². The molecule has 0 unspecified atom stereocenters. The number of phenolic OH excluding ortho intramolecular Hbond substituents is 1. The number of nitrogens with one attached hydrogen (secondary N) is 1. The fourth-order valence-electron chi connectivity index (χ4n) is 1.82. The number of hydrogen-bond donors (Lipinski definition) is 2. The van der Waals surface area contributed by atoms with Gasteiger partial charge in [0, 0.05) is 25.3 Å². The molecule has 0 atom stereocenters. The van der Waals surface area contributed by atoms with Gasteiger partial charge >= 0.3 is 0 Å². The van der Waals surface area contributed by atoms with Gasteiger partial charge in [-0.2, -0.15) is 0 Å². The Bertz CT molecular complexity index is 377. The van der Waals surface area contributed by atoms with E-state index in [1.54, 1.807) is 13.2 Å². The lowest BCUT2D eigenvalue weighted by Gasteiger charge is -2.25. The van der Waals surface area contributed by atoms with Gasteiger partial charge in [0.15, 0.2) is 11.5 Å². The maximum Gasteiger partial charge on any atom is 0.162 e. The van der Waals surface area contributed by atoms with E-state index in [1.807, 2.05) is 32.9 Å². The highest BCUT2D eigenvalue weighted by Crippen LogP contribution is 2.29. The van der Waals surface area contributed by atoms with Crippen molar-refractivity contribution in [1.82, 2.24) is 5.32 Å². The van der Waals surface area contributed by atoms with Crippen LogP contribution in [0, 0.1) is 0 Å². The lowest BCUT2D eigenvalue weighted by Crippen LogP contribution is -2.37. The Morgan fingerprint density at radius 3 is 2.67 bits per heavy atom. The van der Waals surface area contributed by atoms with E-state index in [1.165, 1.54) is 0 Å². The summed E-state index contributed by atoms with van der Waals surface area (Å²) in [4.78, 5) is 0. The maximum atomic E-state index is 9.93. The zero-order valence-corrected chi connectivity index (χ0v) is 11.6. The molecule has 0 amide bonds. The molecule has 0 bridgehead atoms. The molecule has 0 aliphatic heterocycles. The molecule has 0 saturated carbocycles. The van der Waals surface area contributed by atoms with Crippen LogP contribution >= 0.6 is 0 Å². The lowest BCUT2D eigenvalue weighted by atomic mass is 10.1. The maximum absolute atomic E-state index is 9.93. The SMILES string of the molecule is CCOC(C)(C)CNCc1cccc(OC)c1O. The molecule has 4 heteroatoms. The smallest absolute Gasteiger partial charge is 0.162 e. The molecule has 1 aromatic rings. The highest BCUT2D eigenvalue weighted by molar-refractivity contribution is 5.45. The van der Waals surface area contributed by atoms with Gasteiger partial charge < -0.3 is 19.9 Å². The average Bonchev–Trinajstić information content (AvgIpc) is 2.31. The Morgan fingerprint density at radius 1 is 1.33 bits per heavy atom. The Labute approximate surface area is 109 Å². The van der Waals surface area contributed by atoms with Gasteiger partial charge in [0.05, 0.1) is 12.7 Å². The van der Waals surface area contributed by atoms with Crippen LogP contribution in [0.5, 0.6) is 11.5 Å². The van der Waals surface area contributed by atoms with Crippen molar-refractivity contribution in [3.63, 3.8) is 0 Å². The summed E-state index contributed by atoms with van der Waals surface area (Å²) in [7, 11) is 1.55. The molecule has 0 saturated heterocycles. The molecule has 4 nitrogen and oxygen atoms in total. The highest BCUT2D eigenvalue weighted by atomic mass is 16.5. The van der Waals surface area contributed by atoms with Crippen molar-refractivity contribution in [2.24, 2.45) is 0 Å². The summed E-state index contributed by atoms with van der Waals surface area (Å²) in [5.41, 5.74) is 0.616. The second-order valence-electron chi connectivity index (χ2n) is 4.76. The second-order valence-corrected chi connectivity index (χ2v) is 4.76. The zero-order valence-electron chi connectivity index (χ0n) is 11.6. The van der Waals surface area contributed by atoms with Crippen LogP contribution in [0.2, 0.25) is 0 Å². The van der Waals surface area contributed by atoms with E-state index in [0.717, 1.165) is 12.1 Å². The second kappa shape index (κ2) is 6.61. The summed E-state index contributed by atoms with van der Waals surface area (Å²) in [5, 5.41) is 13.2. The topological polar surface area (TPSA) is 50.7 Å². The number of rotatable bonds is 7. The van der Waals surface area contributed by atoms with E-state index in [-0.39, 0.29) is 11.4 Å². The molecule has 0 heterocycles. The first-order chi connectivity index (χ1) is 8.50. The molecule has 0 fully saturated rings. The molecule has 0 spiro atoms. The minimum Gasteiger partial charge on any atom is -0.504 e. The summed E-state index contributed by atoms with van der Waals surface area (Å²) in [6, 6.07) is 5.48. The summed E-state index contributed by atoms with van der Waals surface area (Å²) in [6.45, 7) is 8.05. The van der Waals surface area contributed by atoms with E-state index < -0.39 is 0 Å². The predicted octanol–water partition coefficient (Wildman–Crippen LogP) is 2.31. The molecule has 102 valence electrons. The monoisotopic (exact) mass is 253 g/mol. The number of ether oxygens (including phenoxy) is 2. The van der Waals surface area contributed by atoms with Crippen molar-refractivity contribution >= 4 is 0 Å². The average molecular weight is 253 g/mol. The van der Waals surface area contributed by atoms with Gasteiger partial charge in [0.25, 0.3) is 0 Å². The quantitative estimate of drug-likeness (QED) is 0.783. The molecule has 1 rings (SSSR count). The van der Waals surface area contributed by atoms with Gasteiger partial charge in [-0.05, 0) is 26.8 Å². The summed E-state index contributed by atoms with van der Waals surface area (Å²) < 4.78 is 10.7. The third kappa shape index (κ3) is 4.20. The summed E-state index contributed by atoms with van der Waals surface area (Å²) in [6.07, 6.45) is 0. The van der Waals surface area contributed by atoms with Crippen molar-refractivity contribution in [2.45, 2.75) is 32.9 Å². The van der Waals surface area contributed by atoms with Gasteiger partial charge in [-0.3, -0.25) is 0 Å². The molecule has 18 heavy (non-hydrogen) atoms. The van der Waals surface area contributed by atoms with Crippen LogP contribution in [-0.2, 0) is 11.3 Å². The Hall–Kier alpha value is -1.26. The van der Waals surface area contributed by atoms with Crippen LogP contribution in [0.1, 0.15) is 26.3 Å². The van der Waals surface area contributed by atoms with Crippen molar-refractivity contribution in [3.05, 3.63) is 23.8 Å². The third-order valence-corrected chi connectivity index (χ3v) is 2.70. The van der Waals surface area contributed by atoms with E-state index in [2.05, 4.69) is 5.32 Å². The molecule has 0 aromatic heterocycles. The van der Waals surface area contributed by atoms with E-state index in [4.69, 9.17) is 9.47 Å². The fraction of sp³-hybridized carbons (Fsp3) is 0.571. The molecule has 1 aromatic carbocycles. The Balaban J connectivity index is 2.54. The highest BCUT2D eigenvalue weighted by Gasteiger charge is 2.17. The first-order valence-corrected chi connectivity index (χ1v) is 6.19. The van der Waals surface area contributed by atoms with Gasteiger partial charge in [-0.15, -0.1) is 0 Å². The van der Waals surface area contributed by atoms with Crippen LogP contribution in [-0.4, -0.2) is 31.0 Å². The standard InChI is InChI=1S/C14H23NO3/c1-5-18-14(2,3)10-15-9-11-7-6-8-12(17-4)13(11)16/h6-8,15-16H,5,9-10H2,1-4H3. The van der Waals surface area contributed by atoms with Crippen LogP contribution in [0.25, 0.3) is 0 Å². The molecule has 0 aliphatic carbocycles. The van der Waals surface area contributed by atoms with E-state index in [9.17, 15) is 5.11 Å². The third-order valence-electron chi connectivity index (χ3n) is 2.70. The molecule has 0 aliphatic rings. The number of para-hydroxylation sites is 1. The van der Waals surface area contributed by atoms with Crippen molar-refractivity contribution in [3.8, 4) is 11.5 Å². The molecule has 2 N–H and O–H groups in total. The minimum absolute atomic E-state index is 0.196. The Morgan fingerprint density at radius 2 is 2.06 bits per heavy atom.